The van der Waals surface area contributed by atoms with Gasteiger partial charge in [-0.3, -0.25) is 9.36 Å². The number of carbonyl (C=O) groups is 1. The standard InChI is InChI=1S/C24H28Cl2N8O2/c1-24(2,12-35)11-30-22-29-10-18-21(33-22)34(15-5-3-14(4-6-15)20(28)36)23(31-18)32-19-16(25)7-13(9-27)8-17(19)26/h7-8,10,14-15,35H,3-6,11-12H2,1-2H3,(H2,28,36)(H,31,32)(H,29,30,33)/t14-,15-. The molecule has 36 heavy (non-hydrogen) atoms. The Morgan fingerprint density at radius 1 is 1.25 bits per heavy atom. The van der Waals surface area contributed by atoms with Crippen molar-refractivity contribution < 1.29 is 9.90 Å². The molecule has 3 aromatic rings. The van der Waals surface area contributed by atoms with Gasteiger partial charge in [-0.15, -0.1) is 0 Å². The maximum Gasteiger partial charge on any atom is 0.224 e. The Bertz CT molecular complexity index is 1300. The van der Waals surface area contributed by atoms with Crippen molar-refractivity contribution in [2.45, 2.75) is 45.6 Å². The average molecular weight is 531 g/mol. The molecule has 1 aliphatic carbocycles. The Labute approximate surface area is 218 Å². The molecule has 2 heterocycles. The highest BCUT2D eigenvalue weighted by Crippen LogP contribution is 2.39. The first-order chi connectivity index (χ1) is 17.1. The van der Waals surface area contributed by atoms with E-state index in [2.05, 4.69) is 15.6 Å². The van der Waals surface area contributed by atoms with Gasteiger partial charge in [0.1, 0.15) is 5.52 Å². The number of anilines is 3. The number of nitrogens with zero attached hydrogens (tertiary/aromatic N) is 5. The van der Waals surface area contributed by atoms with Gasteiger partial charge in [0.05, 0.1) is 33.6 Å². The van der Waals surface area contributed by atoms with E-state index >= 15 is 0 Å². The monoisotopic (exact) mass is 530 g/mol. The number of halogens is 2. The lowest BCUT2D eigenvalue weighted by Crippen LogP contribution is -2.29. The number of benzene rings is 1. The Hall–Kier alpha value is -3.13. The fourth-order valence-electron chi connectivity index (χ4n) is 4.27. The number of primary amides is 1. The third-order valence-electron chi connectivity index (χ3n) is 6.46. The summed E-state index contributed by atoms with van der Waals surface area (Å²) in [7, 11) is 0. The van der Waals surface area contributed by atoms with Crippen molar-refractivity contribution in [3.63, 3.8) is 0 Å². The normalized spacial score (nSPS) is 18.1. The molecule has 190 valence electrons. The second-order valence-electron chi connectivity index (χ2n) is 9.84. The van der Waals surface area contributed by atoms with Gasteiger partial charge in [0.15, 0.2) is 5.65 Å². The molecule has 5 N–H and O–H groups in total. The number of amides is 1. The summed E-state index contributed by atoms with van der Waals surface area (Å²) < 4.78 is 1.99. The van der Waals surface area contributed by atoms with Gasteiger partial charge in [-0.05, 0) is 37.8 Å². The van der Waals surface area contributed by atoms with Crippen LogP contribution in [0.4, 0.5) is 17.6 Å². The van der Waals surface area contributed by atoms with E-state index in [-0.39, 0.29) is 39.9 Å². The second-order valence-corrected chi connectivity index (χ2v) is 10.7. The smallest absolute Gasteiger partial charge is 0.224 e. The lowest BCUT2D eigenvalue weighted by molar-refractivity contribution is -0.122. The SMILES string of the molecule is CC(C)(CO)CNc1ncc2nc(Nc3c(Cl)cc(C#N)cc3Cl)n([C@H]3CC[C@H](C(N)=O)CC3)c2n1. The number of nitrogens with two attached hydrogens (primary N) is 1. The highest BCUT2D eigenvalue weighted by atomic mass is 35.5. The fraction of sp³-hybridized carbons (Fsp3) is 0.458. The third-order valence-corrected chi connectivity index (χ3v) is 7.05. The molecule has 0 radical (unpaired) electrons. The lowest BCUT2D eigenvalue weighted by Gasteiger charge is -2.29. The van der Waals surface area contributed by atoms with Gasteiger partial charge in [-0.25, -0.2) is 9.97 Å². The minimum atomic E-state index is -0.346. The minimum absolute atomic E-state index is 0.000616. The van der Waals surface area contributed by atoms with Crippen molar-refractivity contribution in [1.82, 2.24) is 19.5 Å². The highest BCUT2D eigenvalue weighted by molar-refractivity contribution is 6.39. The molecule has 0 aliphatic heterocycles. The van der Waals surface area contributed by atoms with Gasteiger partial charge in [-0.2, -0.15) is 10.2 Å². The second kappa shape index (κ2) is 10.5. The topological polar surface area (TPSA) is 155 Å². The van der Waals surface area contributed by atoms with E-state index < -0.39 is 0 Å². The van der Waals surface area contributed by atoms with Crippen molar-refractivity contribution in [2.75, 3.05) is 23.8 Å². The van der Waals surface area contributed by atoms with Gasteiger partial charge in [-0.1, -0.05) is 37.0 Å². The first kappa shape index (κ1) is 25.9. The van der Waals surface area contributed by atoms with Crippen LogP contribution in [0.3, 0.4) is 0 Å². The fourth-order valence-corrected chi connectivity index (χ4v) is 4.85. The molecule has 0 spiro atoms. The number of aliphatic hydroxyl groups is 1. The van der Waals surface area contributed by atoms with E-state index in [0.717, 1.165) is 0 Å². The molecule has 0 bridgehead atoms. The van der Waals surface area contributed by atoms with Crippen LogP contribution in [-0.2, 0) is 4.79 Å². The molecule has 0 unspecified atom stereocenters. The Kier molecular flexibility index (Phi) is 7.54. The molecule has 0 saturated heterocycles. The summed E-state index contributed by atoms with van der Waals surface area (Å²) in [6, 6.07) is 5.10. The van der Waals surface area contributed by atoms with Crippen LogP contribution < -0.4 is 16.4 Å². The summed E-state index contributed by atoms with van der Waals surface area (Å²) >= 11 is 12.9. The zero-order chi connectivity index (χ0) is 26.0. The highest BCUT2D eigenvalue weighted by Gasteiger charge is 2.29. The van der Waals surface area contributed by atoms with Crippen LogP contribution in [0.15, 0.2) is 18.3 Å². The van der Waals surface area contributed by atoms with Crippen molar-refractivity contribution >= 4 is 57.9 Å². The molecule has 1 amide bonds. The zero-order valence-corrected chi connectivity index (χ0v) is 21.6. The predicted octanol–water partition coefficient (Wildman–Crippen LogP) is 4.40. The van der Waals surface area contributed by atoms with Crippen LogP contribution in [0.25, 0.3) is 11.2 Å². The molecular formula is C24H28Cl2N8O2. The zero-order valence-electron chi connectivity index (χ0n) is 20.1. The van der Waals surface area contributed by atoms with Crippen LogP contribution >= 0.6 is 23.2 Å². The van der Waals surface area contributed by atoms with Gasteiger partial charge < -0.3 is 21.5 Å². The van der Waals surface area contributed by atoms with E-state index in [1.54, 1.807) is 6.20 Å². The number of aromatic nitrogens is 4. The molecule has 1 fully saturated rings. The molecule has 1 saturated carbocycles. The third kappa shape index (κ3) is 5.48. The van der Waals surface area contributed by atoms with Gasteiger partial charge >= 0.3 is 0 Å². The number of rotatable bonds is 8. The van der Waals surface area contributed by atoms with E-state index in [1.807, 2.05) is 24.5 Å². The summed E-state index contributed by atoms with van der Waals surface area (Å²) in [4.78, 5) is 25.5. The number of nitrogens with one attached hydrogen (secondary N) is 2. The Morgan fingerprint density at radius 3 is 2.50 bits per heavy atom. The summed E-state index contributed by atoms with van der Waals surface area (Å²) in [6.07, 6.45) is 4.39. The van der Waals surface area contributed by atoms with E-state index in [9.17, 15) is 15.2 Å². The van der Waals surface area contributed by atoms with Crippen molar-refractivity contribution in [3.8, 4) is 6.07 Å². The molecule has 4 rings (SSSR count). The molecular weight excluding hydrogens is 503 g/mol. The Morgan fingerprint density at radius 2 is 1.92 bits per heavy atom. The van der Waals surface area contributed by atoms with Crippen molar-refractivity contribution in [3.05, 3.63) is 33.9 Å². The molecule has 10 nitrogen and oxygen atoms in total. The van der Waals surface area contributed by atoms with Crippen LogP contribution in [0.1, 0.15) is 51.1 Å². The first-order valence-corrected chi connectivity index (χ1v) is 12.4. The number of carbonyl (C=O) groups excluding carboxylic acids is 1. The molecule has 1 aromatic carbocycles. The van der Waals surface area contributed by atoms with E-state index in [4.69, 9.17) is 38.9 Å². The summed E-state index contributed by atoms with van der Waals surface area (Å²) in [6.45, 7) is 4.37. The maximum atomic E-state index is 11.7. The van der Waals surface area contributed by atoms with Crippen LogP contribution in [0.2, 0.25) is 10.0 Å². The Balaban J connectivity index is 1.74. The number of fused-ring (bicyclic) bond motifs is 1. The number of nitriles is 1. The van der Waals surface area contributed by atoms with Crippen molar-refractivity contribution in [1.29, 1.82) is 5.26 Å². The number of imidazole rings is 1. The van der Waals surface area contributed by atoms with Crippen LogP contribution in [0, 0.1) is 22.7 Å². The number of hydrogen-bond donors (Lipinski definition) is 4. The summed E-state index contributed by atoms with van der Waals surface area (Å²) in [5, 5.41) is 25.8. The van der Waals surface area contributed by atoms with E-state index in [1.165, 1.54) is 12.1 Å². The molecule has 0 atom stereocenters. The average Bonchev–Trinajstić information content (AvgIpc) is 3.22. The lowest BCUT2D eigenvalue weighted by atomic mass is 9.85. The first-order valence-electron chi connectivity index (χ1n) is 11.7. The summed E-state index contributed by atoms with van der Waals surface area (Å²) in [5.74, 6) is 0.460. The minimum Gasteiger partial charge on any atom is -0.396 e. The van der Waals surface area contributed by atoms with Crippen LogP contribution in [0.5, 0.6) is 0 Å². The predicted molar refractivity (Wildman–Crippen MR) is 139 cm³/mol. The quantitative estimate of drug-likeness (QED) is 0.334. The van der Waals surface area contributed by atoms with Crippen molar-refractivity contribution in [2.24, 2.45) is 17.1 Å². The number of aliphatic hydroxyl groups excluding tert-OH is 1. The van der Waals surface area contributed by atoms with E-state index in [0.29, 0.717) is 66.5 Å². The maximum absolute atomic E-state index is 11.7. The largest absolute Gasteiger partial charge is 0.396 e. The van der Waals surface area contributed by atoms with Gasteiger partial charge in [0.2, 0.25) is 17.8 Å². The molecule has 12 heteroatoms. The molecule has 1 aliphatic rings. The summed E-state index contributed by atoms with van der Waals surface area (Å²) in [5.41, 5.74) is 7.15. The number of hydrogen-bond acceptors (Lipinski definition) is 8. The molecule has 2 aromatic heterocycles. The van der Waals surface area contributed by atoms with Crippen LogP contribution in [-0.4, -0.2) is 43.7 Å². The van der Waals surface area contributed by atoms with Gasteiger partial charge in [0.25, 0.3) is 0 Å². The van der Waals surface area contributed by atoms with Gasteiger partial charge in [0, 0.05) is 30.5 Å².